The fourth-order valence-corrected chi connectivity index (χ4v) is 4.98. The van der Waals surface area contributed by atoms with Gasteiger partial charge in [0.15, 0.2) is 0 Å². The Morgan fingerprint density at radius 1 is 1.06 bits per heavy atom. The van der Waals surface area contributed by atoms with Gasteiger partial charge in [0, 0.05) is 29.7 Å². The number of hydrogen-bond acceptors (Lipinski definition) is 5. The number of fused-ring (bicyclic) bond motifs is 1. The summed E-state index contributed by atoms with van der Waals surface area (Å²) in [5.74, 6) is -0.187. The molecule has 2 aromatic carbocycles. The van der Waals surface area contributed by atoms with Gasteiger partial charge in [-0.3, -0.25) is 14.3 Å². The Balaban J connectivity index is 1.30. The molecule has 5 rings (SSSR count). The van der Waals surface area contributed by atoms with Crippen LogP contribution < -0.4 is 5.32 Å². The van der Waals surface area contributed by atoms with Crippen LogP contribution in [0.4, 0.5) is 5.69 Å². The molecule has 7 nitrogen and oxygen atoms in total. The summed E-state index contributed by atoms with van der Waals surface area (Å²) in [6, 6.07) is 19.1. The second-order valence-corrected chi connectivity index (χ2v) is 9.02. The van der Waals surface area contributed by atoms with Crippen molar-refractivity contribution in [3.05, 3.63) is 82.4 Å². The molecule has 1 fully saturated rings. The van der Waals surface area contributed by atoms with Crippen molar-refractivity contribution in [2.45, 2.75) is 13.5 Å². The number of anilines is 1. The molecule has 168 valence electrons. The van der Waals surface area contributed by atoms with Crippen molar-refractivity contribution in [1.29, 1.82) is 0 Å². The maximum atomic E-state index is 12.9. The molecular weight excluding hydrogens is 436 g/mol. The van der Waals surface area contributed by atoms with Crippen molar-refractivity contribution in [2.24, 2.45) is 0 Å². The smallest absolute Gasteiger partial charge is 0.265 e. The number of carbonyl (C=O) groups is 2. The summed E-state index contributed by atoms with van der Waals surface area (Å²) in [7, 11) is 0. The third-order valence-corrected chi connectivity index (χ3v) is 6.84. The molecule has 8 heteroatoms. The predicted molar refractivity (Wildman–Crippen MR) is 129 cm³/mol. The first-order valence-electron chi connectivity index (χ1n) is 10.9. The number of ether oxygens (including phenoxy) is 1. The summed E-state index contributed by atoms with van der Waals surface area (Å²) < 4.78 is 7.26. The SMILES string of the molecule is Cc1nn(Cc2ccccc2)c2sc(C(=O)Nc3ccc(C(=O)N4CCOCC4)cc3)cc12. The highest BCUT2D eigenvalue weighted by atomic mass is 32.1. The molecular formula is C25H24N4O3S. The third kappa shape index (κ3) is 4.53. The average Bonchev–Trinajstić information content (AvgIpc) is 3.42. The molecule has 2 aromatic heterocycles. The molecule has 0 atom stereocenters. The number of aromatic nitrogens is 2. The van der Waals surface area contributed by atoms with Gasteiger partial charge < -0.3 is 15.0 Å². The van der Waals surface area contributed by atoms with Gasteiger partial charge in [-0.1, -0.05) is 30.3 Å². The van der Waals surface area contributed by atoms with Gasteiger partial charge in [-0.05, 0) is 42.8 Å². The van der Waals surface area contributed by atoms with Crippen molar-refractivity contribution in [1.82, 2.24) is 14.7 Å². The summed E-state index contributed by atoms with van der Waals surface area (Å²) in [6.45, 7) is 4.96. The normalized spacial score (nSPS) is 13.9. The van der Waals surface area contributed by atoms with Gasteiger partial charge in [-0.15, -0.1) is 11.3 Å². The van der Waals surface area contributed by atoms with Crippen LogP contribution in [0.25, 0.3) is 10.2 Å². The van der Waals surface area contributed by atoms with E-state index in [1.807, 2.05) is 35.9 Å². The molecule has 1 saturated heterocycles. The number of nitrogens with one attached hydrogen (secondary N) is 1. The molecule has 1 N–H and O–H groups in total. The van der Waals surface area contributed by atoms with Crippen molar-refractivity contribution in [2.75, 3.05) is 31.6 Å². The number of amides is 2. The van der Waals surface area contributed by atoms with Crippen LogP contribution in [0.1, 0.15) is 31.3 Å². The molecule has 0 saturated carbocycles. The molecule has 0 radical (unpaired) electrons. The van der Waals surface area contributed by atoms with Crippen molar-refractivity contribution in [3.63, 3.8) is 0 Å². The zero-order valence-corrected chi connectivity index (χ0v) is 19.1. The number of hydrogen-bond donors (Lipinski definition) is 1. The number of thiophene rings is 1. The maximum absolute atomic E-state index is 12.9. The molecule has 2 amide bonds. The van der Waals surface area contributed by atoms with Crippen molar-refractivity contribution in [3.8, 4) is 0 Å². The molecule has 0 bridgehead atoms. The fraction of sp³-hybridized carbons (Fsp3) is 0.240. The number of carbonyl (C=O) groups excluding carboxylic acids is 2. The molecule has 33 heavy (non-hydrogen) atoms. The summed E-state index contributed by atoms with van der Waals surface area (Å²) in [5, 5.41) is 8.58. The van der Waals surface area contributed by atoms with Gasteiger partial charge in [0.2, 0.25) is 0 Å². The molecule has 0 spiro atoms. The van der Waals surface area contributed by atoms with Crippen LogP contribution in [0.15, 0.2) is 60.7 Å². The quantitative estimate of drug-likeness (QED) is 0.485. The van der Waals surface area contributed by atoms with E-state index in [0.717, 1.165) is 21.5 Å². The highest BCUT2D eigenvalue weighted by Crippen LogP contribution is 2.29. The molecule has 0 aliphatic carbocycles. The zero-order chi connectivity index (χ0) is 22.8. The summed E-state index contributed by atoms with van der Waals surface area (Å²) >= 11 is 1.43. The van der Waals surface area contributed by atoms with E-state index >= 15 is 0 Å². The molecule has 0 unspecified atom stereocenters. The Labute approximate surface area is 195 Å². The van der Waals surface area contributed by atoms with E-state index in [4.69, 9.17) is 4.74 Å². The minimum Gasteiger partial charge on any atom is -0.378 e. The monoisotopic (exact) mass is 460 g/mol. The summed E-state index contributed by atoms with van der Waals surface area (Å²) in [6.07, 6.45) is 0. The lowest BCUT2D eigenvalue weighted by atomic mass is 10.1. The number of aryl methyl sites for hydroxylation is 1. The molecule has 3 heterocycles. The van der Waals surface area contributed by atoms with E-state index in [0.29, 0.717) is 49.0 Å². The lowest BCUT2D eigenvalue weighted by Gasteiger charge is -2.26. The van der Waals surface area contributed by atoms with Gasteiger partial charge in [0.05, 0.1) is 30.3 Å². The van der Waals surface area contributed by atoms with E-state index in [-0.39, 0.29) is 11.8 Å². The van der Waals surface area contributed by atoms with Crippen LogP contribution in [-0.2, 0) is 11.3 Å². The zero-order valence-electron chi connectivity index (χ0n) is 18.3. The second kappa shape index (κ2) is 9.17. The summed E-state index contributed by atoms with van der Waals surface area (Å²) in [4.78, 5) is 28.9. The molecule has 1 aliphatic rings. The van der Waals surface area contributed by atoms with Crippen LogP contribution in [0.3, 0.4) is 0 Å². The van der Waals surface area contributed by atoms with Crippen LogP contribution in [0, 0.1) is 6.92 Å². The van der Waals surface area contributed by atoms with Crippen molar-refractivity contribution >= 4 is 39.1 Å². The number of benzene rings is 2. The highest BCUT2D eigenvalue weighted by Gasteiger charge is 2.19. The number of rotatable bonds is 5. The Morgan fingerprint density at radius 3 is 2.52 bits per heavy atom. The Bertz CT molecular complexity index is 1290. The van der Waals surface area contributed by atoms with Crippen LogP contribution in [0.5, 0.6) is 0 Å². The highest BCUT2D eigenvalue weighted by molar-refractivity contribution is 7.20. The maximum Gasteiger partial charge on any atom is 0.265 e. The lowest BCUT2D eigenvalue weighted by Crippen LogP contribution is -2.40. The minimum absolute atomic E-state index is 0.0147. The van der Waals surface area contributed by atoms with Gasteiger partial charge in [0.1, 0.15) is 4.83 Å². The third-order valence-electron chi connectivity index (χ3n) is 5.69. The Morgan fingerprint density at radius 2 is 1.79 bits per heavy atom. The van der Waals surface area contributed by atoms with E-state index in [1.165, 1.54) is 11.3 Å². The Hall–Kier alpha value is -3.49. The summed E-state index contributed by atoms with van der Waals surface area (Å²) in [5.41, 5.74) is 3.32. The first kappa shape index (κ1) is 21.4. The largest absolute Gasteiger partial charge is 0.378 e. The first-order valence-corrected chi connectivity index (χ1v) is 11.7. The van der Waals surface area contributed by atoms with Gasteiger partial charge in [0.25, 0.3) is 11.8 Å². The topological polar surface area (TPSA) is 76.5 Å². The molecule has 4 aromatic rings. The van der Waals surface area contributed by atoms with E-state index in [1.54, 1.807) is 29.2 Å². The molecule has 1 aliphatic heterocycles. The van der Waals surface area contributed by atoms with Crippen LogP contribution in [0.2, 0.25) is 0 Å². The number of morpholine rings is 1. The fourth-order valence-electron chi connectivity index (χ4n) is 3.93. The van der Waals surface area contributed by atoms with Crippen molar-refractivity contribution < 1.29 is 14.3 Å². The van der Waals surface area contributed by atoms with Gasteiger partial charge in [-0.2, -0.15) is 5.10 Å². The Kier molecular flexibility index (Phi) is 5.93. The predicted octanol–water partition coefficient (Wildman–Crippen LogP) is 4.18. The van der Waals surface area contributed by atoms with E-state index in [9.17, 15) is 9.59 Å². The van der Waals surface area contributed by atoms with Crippen LogP contribution >= 0.6 is 11.3 Å². The van der Waals surface area contributed by atoms with Gasteiger partial charge in [-0.25, -0.2) is 0 Å². The lowest BCUT2D eigenvalue weighted by molar-refractivity contribution is 0.0303. The van der Waals surface area contributed by atoms with Crippen LogP contribution in [-0.4, -0.2) is 52.8 Å². The number of nitrogens with zero attached hydrogens (tertiary/aromatic N) is 3. The second-order valence-electron chi connectivity index (χ2n) is 7.99. The minimum atomic E-state index is -0.172. The van der Waals surface area contributed by atoms with E-state index in [2.05, 4.69) is 22.5 Å². The first-order chi connectivity index (χ1) is 16.1. The van der Waals surface area contributed by atoms with Gasteiger partial charge >= 0.3 is 0 Å². The standard InChI is InChI=1S/C25H24N4O3S/c1-17-21-15-22(33-25(21)29(27-17)16-18-5-3-2-4-6-18)23(30)26-20-9-7-19(8-10-20)24(31)28-11-13-32-14-12-28/h2-10,15H,11-14,16H2,1H3,(H,26,30). The van der Waals surface area contributed by atoms with E-state index < -0.39 is 0 Å². The average molecular weight is 461 g/mol.